The molecule has 1 amide bonds. The third-order valence-corrected chi connectivity index (χ3v) is 3.47. The Kier molecular flexibility index (Phi) is 3.35. The summed E-state index contributed by atoms with van der Waals surface area (Å²) in [6.07, 6.45) is 0. The van der Waals surface area contributed by atoms with Gasteiger partial charge in [0.05, 0.1) is 0 Å². The molecule has 0 saturated heterocycles. The van der Waals surface area contributed by atoms with Gasteiger partial charge in [-0.2, -0.15) is 0 Å². The van der Waals surface area contributed by atoms with Crippen LogP contribution < -0.4 is 11.5 Å². The predicted molar refractivity (Wildman–Crippen MR) is 58.3 cm³/mol. The van der Waals surface area contributed by atoms with Crippen molar-refractivity contribution in [2.45, 2.75) is 24.5 Å². The Labute approximate surface area is 92.4 Å². The molecule has 0 aliphatic carbocycles. The molecule has 1 unspecified atom stereocenters. The summed E-state index contributed by atoms with van der Waals surface area (Å²) >= 11 is 1.37. The summed E-state index contributed by atoms with van der Waals surface area (Å²) in [5, 5.41) is 8.57. The zero-order valence-electron chi connectivity index (χ0n) is 9.02. The van der Waals surface area contributed by atoms with Crippen molar-refractivity contribution >= 4 is 17.7 Å². The van der Waals surface area contributed by atoms with Crippen molar-refractivity contribution in [2.24, 2.45) is 18.5 Å². The largest absolute Gasteiger partial charge is 0.368 e. The highest BCUT2D eigenvalue weighted by Crippen LogP contribution is 2.19. The average molecular weight is 229 g/mol. The maximum Gasteiger partial charge on any atom is 0.238 e. The van der Waals surface area contributed by atoms with Gasteiger partial charge < -0.3 is 16.0 Å². The molecule has 0 bridgehead atoms. The fourth-order valence-corrected chi connectivity index (χ4v) is 1.79. The molecular weight excluding hydrogens is 214 g/mol. The second kappa shape index (κ2) is 4.19. The Hall–Kier alpha value is -1.08. The normalized spacial score (nSPS) is 14.9. The summed E-state index contributed by atoms with van der Waals surface area (Å²) in [6, 6.07) is 0. The number of nitrogens with two attached hydrogens (primary N) is 2. The van der Waals surface area contributed by atoms with Crippen molar-refractivity contribution in [2.75, 3.05) is 5.75 Å². The molecule has 0 aliphatic rings. The third-order valence-electron chi connectivity index (χ3n) is 2.12. The van der Waals surface area contributed by atoms with Gasteiger partial charge >= 0.3 is 0 Å². The lowest BCUT2D eigenvalue weighted by Gasteiger charge is -2.18. The van der Waals surface area contributed by atoms with Gasteiger partial charge in [-0.1, -0.05) is 11.8 Å². The third kappa shape index (κ3) is 2.69. The number of rotatable bonds is 4. The molecule has 1 aromatic heterocycles. The molecule has 0 aromatic carbocycles. The molecule has 0 saturated carbocycles. The van der Waals surface area contributed by atoms with Crippen LogP contribution in [0.4, 0.5) is 0 Å². The molecule has 4 N–H and O–H groups in total. The number of carbonyl (C=O) groups excluding carboxylic acids is 1. The average Bonchev–Trinajstić information content (AvgIpc) is 2.45. The SMILES string of the molecule is Cc1nnc(SCC(C)(N)C(N)=O)n1C. The minimum Gasteiger partial charge on any atom is -0.368 e. The molecular formula is C8H15N5OS. The number of thioether (sulfide) groups is 1. The van der Waals surface area contributed by atoms with Gasteiger partial charge in [0.1, 0.15) is 11.4 Å². The summed E-state index contributed by atoms with van der Waals surface area (Å²) in [4.78, 5) is 11.0. The Morgan fingerprint density at radius 1 is 1.60 bits per heavy atom. The number of hydrogen-bond donors (Lipinski definition) is 2. The van der Waals surface area contributed by atoms with E-state index in [9.17, 15) is 4.79 Å². The van der Waals surface area contributed by atoms with Crippen molar-refractivity contribution in [1.82, 2.24) is 14.8 Å². The first kappa shape index (κ1) is 12.0. The van der Waals surface area contributed by atoms with Gasteiger partial charge in [0, 0.05) is 12.8 Å². The van der Waals surface area contributed by atoms with Crippen molar-refractivity contribution in [3.05, 3.63) is 5.82 Å². The van der Waals surface area contributed by atoms with Crippen molar-refractivity contribution in [3.63, 3.8) is 0 Å². The first-order chi connectivity index (χ1) is 6.84. The van der Waals surface area contributed by atoms with Crippen LogP contribution in [0.25, 0.3) is 0 Å². The van der Waals surface area contributed by atoms with E-state index in [2.05, 4.69) is 10.2 Å². The zero-order valence-corrected chi connectivity index (χ0v) is 9.84. The van der Waals surface area contributed by atoms with Gasteiger partial charge in [-0.15, -0.1) is 10.2 Å². The van der Waals surface area contributed by atoms with Crippen LogP contribution in [0.3, 0.4) is 0 Å². The van der Waals surface area contributed by atoms with E-state index in [1.54, 1.807) is 6.92 Å². The van der Waals surface area contributed by atoms with Crippen molar-refractivity contribution < 1.29 is 4.79 Å². The fourth-order valence-electron chi connectivity index (χ4n) is 0.799. The molecule has 1 rings (SSSR count). The van der Waals surface area contributed by atoms with Crippen LogP contribution >= 0.6 is 11.8 Å². The number of aromatic nitrogens is 3. The molecule has 1 aromatic rings. The molecule has 84 valence electrons. The molecule has 15 heavy (non-hydrogen) atoms. The number of primary amides is 1. The van der Waals surface area contributed by atoms with Gasteiger partial charge in [-0.25, -0.2) is 0 Å². The first-order valence-corrected chi connectivity index (χ1v) is 5.41. The number of aryl methyl sites for hydroxylation is 1. The highest BCUT2D eigenvalue weighted by atomic mass is 32.2. The Balaban J connectivity index is 2.65. The summed E-state index contributed by atoms with van der Waals surface area (Å²) < 4.78 is 1.84. The number of amides is 1. The first-order valence-electron chi connectivity index (χ1n) is 4.42. The smallest absolute Gasteiger partial charge is 0.238 e. The molecule has 1 heterocycles. The van der Waals surface area contributed by atoms with E-state index in [1.165, 1.54) is 11.8 Å². The van der Waals surface area contributed by atoms with Crippen LogP contribution in [0.15, 0.2) is 5.16 Å². The summed E-state index contributed by atoms with van der Waals surface area (Å²) in [5.74, 6) is 0.679. The van der Waals surface area contributed by atoms with Crippen LogP contribution in [-0.2, 0) is 11.8 Å². The second-order valence-electron chi connectivity index (χ2n) is 3.66. The monoisotopic (exact) mass is 229 g/mol. The van der Waals surface area contributed by atoms with Gasteiger partial charge in [0.25, 0.3) is 0 Å². The van der Waals surface area contributed by atoms with E-state index < -0.39 is 11.4 Å². The maximum absolute atomic E-state index is 11.0. The van der Waals surface area contributed by atoms with Crippen LogP contribution in [0.5, 0.6) is 0 Å². The zero-order chi connectivity index (χ0) is 11.6. The molecule has 0 spiro atoms. The Morgan fingerprint density at radius 2 is 2.20 bits per heavy atom. The molecule has 0 fully saturated rings. The van der Waals surface area contributed by atoms with E-state index in [4.69, 9.17) is 11.5 Å². The highest BCUT2D eigenvalue weighted by molar-refractivity contribution is 7.99. The van der Waals surface area contributed by atoms with E-state index in [0.717, 1.165) is 11.0 Å². The number of carbonyl (C=O) groups is 1. The Morgan fingerprint density at radius 3 is 2.60 bits per heavy atom. The molecule has 7 heteroatoms. The van der Waals surface area contributed by atoms with Gasteiger partial charge in [-0.3, -0.25) is 4.79 Å². The molecule has 0 radical (unpaired) electrons. The van der Waals surface area contributed by atoms with Gasteiger partial charge in [0.2, 0.25) is 5.91 Å². The maximum atomic E-state index is 11.0. The Bertz CT molecular complexity index is 373. The standard InChI is InChI=1S/C8H15N5OS/c1-5-11-12-7(13(5)3)15-4-8(2,10)6(9)14/h4,10H2,1-3H3,(H2,9,14). The van der Waals surface area contributed by atoms with Crippen LogP contribution in [0, 0.1) is 6.92 Å². The van der Waals surface area contributed by atoms with E-state index >= 15 is 0 Å². The fraction of sp³-hybridized carbons (Fsp3) is 0.625. The number of hydrogen-bond acceptors (Lipinski definition) is 5. The van der Waals surface area contributed by atoms with Crippen molar-refractivity contribution in [1.29, 1.82) is 0 Å². The lowest BCUT2D eigenvalue weighted by Crippen LogP contribution is -2.51. The summed E-state index contributed by atoms with van der Waals surface area (Å²) in [7, 11) is 1.86. The van der Waals surface area contributed by atoms with Gasteiger partial charge in [0.15, 0.2) is 5.16 Å². The topological polar surface area (TPSA) is 99.8 Å². The van der Waals surface area contributed by atoms with Crippen LogP contribution in [0.1, 0.15) is 12.7 Å². The molecule has 6 nitrogen and oxygen atoms in total. The summed E-state index contributed by atoms with van der Waals surface area (Å²) in [5.41, 5.74) is 9.85. The minimum atomic E-state index is -1.02. The van der Waals surface area contributed by atoms with Crippen molar-refractivity contribution in [3.8, 4) is 0 Å². The lowest BCUT2D eigenvalue weighted by molar-refractivity contribution is -0.121. The van der Waals surface area contributed by atoms with Gasteiger partial charge in [-0.05, 0) is 13.8 Å². The number of nitrogens with zero attached hydrogens (tertiary/aromatic N) is 3. The van der Waals surface area contributed by atoms with Crippen LogP contribution in [-0.4, -0.2) is 32.0 Å². The predicted octanol–water partition coefficient (Wildman–Crippen LogP) is -0.582. The van der Waals surface area contributed by atoms with E-state index in [-0.39, 0.29) is 0 Å². The van der Waals surface area contributed by atoms with Crippen LogP contribution in [0.2, 0.25) is 0 Å². The molecule has 0 aliphatic heterocycles. The van der Waals surface area contributed by atoms with E-state index in [1.807, 2.05) is 18.5 Å². The lowest BCUT2D eigenvalue weighted by atomic mass is 10.1. The molecule has 1 atom stereocenters. The minimum absolute atomic E-state index is 0.383. The second-order valence-corrected chi connectivity index (χ2v) is 4.60. The quantitative estimate of drug-likeness (QED) is 0.673. The van der Waals surface area contributed by atoms with E-state index in [0.29, 0.717) is 5.75 Å². The highest BCUT2D eigenvalue weighted by Gasteiger charge is 2.26. The summed E-state index contributed by atoms with van der Waals surface area (Å²) in [6.45, 7) is 3.46.